The minimum atomic E-state index is -3.66. The lowest BCUT2D eigenvalue weighted by Crippen LogP contribution is -2.26. The molecule has 0 aliphatic carbocycles. The van der Waals surface area contributed by atoms with Gasteiger partial charge in [0.1, 0.15) is 12.1 Å². The van der Waals surface area contributed by atoms with Gasteiger partial charge in [-0.25, -0.2) is 13.1 Å². The molecule has 0 bridgehead atoms. The van der Waals surface area contributed by atoms with Crippen molar-refractivity contribution in [1.82, 2.24) is 4.72 Å². The van der Waals surface area contributed by atoms with Gasteiger partial charge in [-0.15, -0.1) is 0 Å². The predicted molar refractivity (Wildman–Crippen MR) is 71.0 cm³/mol. The Balaban J connectivity index is 2.83. The van der Waals surface area contributed by atoms with Crippen LogP contribution in [0.15, 0.2) is 34.3 Å². The maximum Gasteiger partial charge on any atom is 0.240 e. The summed E-state index contributed by atoms with van der Waals surface area (Å²) < 4.78 is 25.6. The summed E-state index contributed by atoms with van der Waals surface area (Å²) in [6.07, 6.45) is 0. The summed E-state index contributed by atoms with van der Waals surface area (Å²) in [5.74, 6) is 0. The monoisotopic (exact) mass is 293 g/mol. The van der Waals surface area contributed by atoms with E-state index in [2.05, 4.69) is 15.2 Å². The molecule has 0 saturated heterocycles. The van der Waals surface area contributed by atoms with Crippen molar-refractivity contribution in [1.29, 1.82) is 10.5 Å². The number of nitrogens with one attached hydrogen (secondary N) is 2. The third-order valence-corrected chi connectivity index (χ3v) is 3.55. The Labute approximate surface area is 116 Å². The first-order chi connectivity index (χ1) is 9.53. The standard InChI is InChI=1S/C11H11N5O3S/c12-7-10(8-13)16-15-9-1-3-11(4-2-9)20(18,19)14-5-6-17/h1-4,14-15,17H,5-6H2. The van der Waals surface area contributed by atoms with Gasteiger partial charge in [0.15, 0.2) is 0 Å². The van der Waals surface area contributed by atoms with Crippen LogP contribution in [-0.4, -0.2) is 32.4 Å². The highest BCUT2D eigenvalue weighted by molar-refractivity contribution is 7.89. The van der Waals surface area contributed by atoms with Crippen molar-refractivity contribution in [2.24, 2.45) is 5.10 Å². The quantitative estimate of drug-likeness (QED) is 0.489. The summed E-state index contributed by atoms with van der Waals surface area (Å²) in [7, 11) is -3.66. The molecule has 0 fully saturated rings. The van der Waals surface area contributed by atoms with Gasteiger partial charge in [-0.3, -0.25) is 5.43 Å². The van der Waals surface area contributed by atoms with Gasteiger partial charge in [0.2, 0.25) is 15.7 Å². The number of benzene rings is 1. The van der Waals surface area contributed by atoms with Gasteiger partial charge in [0, 0.05) is 6.54 Å². The van der Waals surface area contributed by atoms with E-state index in [1.807, 2.05) is 0 Å². The maximum atomic E-state index is 11.7. The Hall–Kier alpha value is -2.46. The van der Waals surface area contributed by atoms with Gasteiger partial charge >= 0.3 is 0 Å². The van der Waals surface area contributed by atoms with E-state index in [9.17, 15) is 8.42 Å². The summed E-state index contributed by atoms with van der Waals surface area (Å²) in [5, 5.41) is 29.1. The topological polar surface area (TPSA) is 138 Å². The first-order valence-electron chi connectivity index (χ1n) is 5.38. The second-order valence-electron chi connectivity index (χ2n) is 3.44. The molecule has 104 valence electrons. The molecule has 0 spiro atoms. The van der Waals surface area contributed by atoms with Crippen molar-refractivity contribution in [2.75, 3.05) is 18.6 Å². The van der Waals surface area contributed by atoms with Crippen LogP contribution in [0.25, 0.3) is 0 Å². The summed E-state index contributed by atoms with van der Waals surface area (Å²) in [6.45, 7) is -0.362. The highest BCUT2D eigenvalue weighted by Gasteiger charge is 2.12. The molecule has 9 heteroatoms. The molecule has 1 aromatic rings. The number of sulfonamides is 1. The number of aliphatic hydroxyl groups is 1. The average molecular weight is 293 g/mol. The Bertz CT molecular complexity index is 651. The largest absolute Gasteiger partial charge is 0.395 e. The molecule has 0 amide bonds. The number of hydrogen-bond acceptors (Lipinski definition) is 7. The summed E-state index contributed by atoms with van der Waals surface area (Å²) in [4.78, 5) is 0.0290. The smallest absolute Gasteiger partial charge is 0.240 e. The molecule has 0 unspecified atom stereocenters. The van der Waals surface area contributed by atoms with E-state index >= 15 is 0 Å². The fourth-order valence-electron chi connectivity index (χ4n) is 1.17. The van der Waals surface area contributed by atoms with E-state index in [4.69, 9.17) is 15.6 Å². The Morgan fingerprint density at radius 2 is 1.85 bits per heavy atom. The third-order valence-electron chi connectivity index (χ3n) is 2.08. The van der Waals surface area contributed by atoms with Crippen molar-refractivity contribution in [2.45, 2.75) is 4.90 Å². The summed E-state index contributed by atoms with van der Waals surface area (Å²) in [6, 6.07) is 8.68. The molecule has 20 heavy (non-hydrogen) atoms. The molecule has 0 aliphatic heterocycles. The van der Waals surface area contributed by atoms with Crippen molar-refractivity contribution < 1.29 is 13.5 Å². The van der Waals surface area contributed by atoms with Crippen LogP contribution in [-0.2, 0) is 10.0 Å². The number of hydrogen-bond donors (Lipinski definition) is 3. The highest BCUT2D eigenvalue weighted by atomic mass is 32.2. The molecule has 8 nitrogen and oxygen atoms in total. The van der Waals surface area contributed by atoms with E-state index < -0.39 is 10.0 Å². The number of nitriles is 2. The van der Waals surface area contributed by atoms with Gasteiger partial charge in [0.25, 0.3) is 0 Å². The number of rotatable bonds is 6. The number of nitrogens with zero attached hydrogens (tertiary/aromatic N) is 3. The number of aliphatic hydroxyl groups excluding tert-OH is 1. The van der Waals surface area contributed by atoms with Crippen molar-refractivity contribution in [3.8, 4) is 12.1 Å². The highest BCUT2D eigenvalue weighted by Crippen LogP contribution is 2.13. The predicted octanol–water partition coefficient (Wildman–Crippen LogP) is -0.228. The Morgan fingerprint density at radius 3 is 2.35 bits per heavy atom. The van der Waals surface area contributed by atoms with Crippen molar-refractivity contribution in [3.63, 3.8) is 0 Å². The van der Waals surface area contributed by atoms with Gasteiger partial charge in [-0.1, -0.05) is 0 Å². The minimum Gasteiger partial charge on any atom is -0.395 e. The van der Waals surface area contributed by atoms with E-state index in [0.717, 1.165) is 0 Å². The van der Waals surface area contributed by atoms with E-state index in [-0.39, 0.29) is 23.8 Å². The number of anilines is 1. The molecule has 1 rings (SSSR count). The van der Waals surface area contributed by atoms with E-state index in [0.29, 0.717) is 5.69 Å². The molecule has 0 heterocycles. The summed E-state index contributed by atoms with van der Waals surface area (Å²) in [5.41, 5.74) is 2.54. The Kier molecular flexibility index (Phi) is 5.62. The molecule has 3 N–H and O–H groups in total. The molecular formula is C11H11N5O3S. The molecule has 1 aromatic carbocycles. The van der Waals surface area contributed by atoms with Crippen LogP contribution in [0, 0.1) is 22.7 Å². The fraction of sp³-hybridized carbons (Fsp3) is 0.182. The van der Waals surface area contributed by atoms with Gasteiger partial charge in [-0.05, 0) is 24.3 Å². The Morgan fingerprint density at radius 1 is 1.25 bits per heavy atom. The van der Waals surface area contributed by atoms with E-state index in [1.54, 1.807) is 12.1 Å². The van der Waals surface area contributed by atoms with E-state index in [1.165, 1.54) is 24.3 Å². The van der Waals surface area contributed by atoms with Crippen molar-refractivity contribution in [3.05, 3.63) is 24.3 Å². The average Bonchev–Trinajstić information content (AvgIpc) is 2.47. The van der Waals surface area contributed by atoms with Crippen LogP contribution in [0.4, 0.5) is 5.69 Å². The van der Waals surface area contributed by atoms with Crippen LogP contribution < -0.4 is 10.1 Å². The fourth-order valence-corrected chi connectivity index (χ4v) is 2.19. The number of hydrazone groups is 1. The molecule has 0 radical (unpaired) electrons. The van der Waals surface area contributed by atoms with Crippen LogP contribution in [0.5, 0.6) is 0 Å². The first-order valence-corrected chi connectivity index (χ1v) is 6.86. The zero-order valence-electron chi connectivity index (χ0n) is 10.2. The molecule has 0 saturated carbocycles. The van der Waals surface area contributed by atoms with Crippen LogP contribution in [0.3, 0.4) is 0 Å². The lowest BCUT2D eigenvalue weighted by atomic mass is 10.3. The molecule has 0 aromatic heterocycles. The first kappa shape index (κ1) is 15.6. The molecular weight excluding hydrogens is 282 g/mol. The zero-order chi connectivity index (χ0) is 15.0. The van der Waals surface area contributed by atoms with Gasteiger partial charge < -0.3 is 5.11 Å². The normalized spacial score (nSPS) is 10.2. The van der Waals surface area contributed by atoms with Crippen molar-refractivity contribution >= 4 is 21.4 Å². The SMILES string of the molecule is N#CC(C#N)=NNc1ccc(S(=O)(=O)NCCO)cc1. The second kappa shape index (κ2) is 7.21. The third kappa shape index (κ3) is 4.33. The minimum absolute atomic E-state index is 0.0290. The molecule has 0 aliphatic rings. The van der Waals surface area contributed by atoms with Crippen LogP contribution >= 0.6 is 0 Å². The molecule has 0 atom stereocenters. The van der Waals surface area contributed by atoms with Gasteiger partial charge in [-0.2, -0.15) is 15.6 Å². The van der Waals surface area contributed by atoms with Gasteiger partial charge in [0.05, 0.1) is 17.2 Å². The van der Waals surface area contributed by atoms with Crippen LogP contribution in [0.1, 0.15) is 0 Å². The maximum absolute atomic E-state index is 11.7. The lowest BCUT2D eigenvalue weighted by Gasteiger charge is -2.06. The van der Waals surface area contributed by atoms with Crippen LogP contribution in [0.2, 0.25) is 0 Å². The lowest BCUT2D eigenvalue weighted by molar-refractivity contribution is 0.301. The zero-order valence-corrected chi connectivity index (χ0v) is 11.1. The summed E-state index contributed by atoms with van der Waals surface area (Å²) >= 11 is 0. The second-order valence-corrected chi connectivity index (χ2v) is 5.21.